The van der Waals surface area contributed by atoms with Crippen LogP contribution in [0.2, 0.25) is 5.02 Å². The lowest BCUT2D eigenvalue weighted by Gasteiger charge is -2.41. The minimum Gasteiger partial charge on any atom is -0.462 e. The van der Waals surface area contributed by atoms with Gasteiger partial charge in [-0.2, -0.15) is 15.2 Å². The van der Waals surface area contributed by atoms with Gasteiger partial charge in [-0.3, -0.25) is 4.79 Å². The van der Waals surface area contributed by atoms with Crippen LogP contribution in [0.4, 0.5) is 11.5 Å². The molecule has 3 aliphatic heterocycles. The van der Waals surface area contributed by atoms with Gasteiger partial charge in [-0.05, 0) is 70.9 Å². The monoisotopic (exact) mass is 702 g/mol. The molecule has 10 nitrogen and oxygen atoms in total. The van der Waals surface area contributed by atoms with Crippen LogP contribution in [0.1, 0.15) is 58.2 Å². The van der Waals surface area contributed by atoms with Crippen LogP contribution in [0.25, 0.3) is 10.8 Å². The van der Waals surface area contributed by atoms with Crippen molar-refractivity contribution in [2.45, 2.75) is 72.0 Å². The van der Waals surface area contributed by atoms with Crippen LogP contribution < -0.4 is 14.5 Å². The Morgan fingerprint density at radius 3 is 2.54 bits per heavy atom. The first kappa shape index (κ1) is 38.9. The van der Waals surface area contributed by atoms with Crippen molar-refractivity contribution in [3.63, 3.8) is 0 Å². The van der Waals surface area contributed by atoms with Gasteiger partial charge in [-0.1, -0.05) is 68.8 Å². The Hall–Kier alpha value is -3.91. The number of ether oxygens (including phenoxy) is 1. The fraction of sp³-hybridized carbons (Fsp3) is 0.538. The molecule has 2 aromatic carbocycles. The van der Waals surface area contributed by atoms with E-state index in [2.05, 4.69) is 83.1 Å². The maximum atomic E-state index is 11.6. The zero-order valence-electron chi connectivity index (χ0n) is 30.8. The van der Waals surface area contributed by atoms with Gasteiger partial charge in [0.15, 0.2) is 0 Å². The van der Waals surface area contributed by atoms with E-state index in [4.69, 9.17) is 26.3 Å². The van der Waals surface area contributed by atoms with Gasteiger partial charge in [-0.15, -0.1) is 0 Å². The van der Waals surface area contributed by atoms with Crippen LogP contribution in [0.5, 0.6) is 6.01 Å². The van der Waals surface area contributed by atoms with E-state index in [-0.39, 0.29) is 12.5 Å². The molecule has 11 heteroatoms. The van der Waals surface area contributed by atoms with Crippen molar-refractivity contribution in [3.05, 3.63) is 64.8 Å². The van der Waals surface area contributed by atoms with E-state index in [0.717, 1.165) is 84.0 Å². The van der Waals surface area contributed by atoms with E-state index in [1.165, 1.54) is 6.42 Å². The highest BCUT2D eigenvalue weighted by Crippen LogP contribution is 2.37. The third-order valence-corrected chi connectivity index (χ3v) is 10.1. The van der Waals surface area contributed by atoms with Crippen LogP contribution in [-0.2, 0) is 17.8 Å². The third-order valence-electron chi connectivity index (χ3n) is 9.75. The molecule has 0 bridgehead atoms. The number of piperazine rings is 1. The number of rotatable bonds is 10. The van der Waals surface area contributed by atoms with Crippen molar-refractivity contribution >= 4 is 40.3 Å². The molecule has 0 saturated carbocycles. The number of halogens is 1. The van der Waals surface area contributed by atoms with Gasteiger partial charge < -0.3 is 29.2 Å². The predicted molar refractivity (Wildman–Crippen MR) is 205 cm³/mol. The fourth-order valence-corrected chi connectivity index (χ4v) is 7.00. The molecule has 50 heavy (non-hydrogen) atoms. The van der Waals surface area contributed by atoms with Crippen molar-refractivity contribution in [1.29, 1.82) is 5.26 Å². The maximum Gasteiger partial charge on any atom is 0.318 e. The molecule has 0 aliphatic carbocycles. The molecule has 1 amide bonds. The first-order chi connectivity index (χ1) is 24.4. The summed E-state index contributed by atoms with van der Waals surface area (Å²) in [7, 11) is 4.25. The number of likely N-dealkylation sites (N-methyl/N-ethyl adjacent to an activating group) is 2. The minimum atomic E-state index is -0.170. The molecule has 0 radical (unpaired) electrons. The summed E-state index contributed by atoms with van der Waals surface area (Å²) in [5, 5.41) is 12.3. The van der Waals surface area contributed by atoms with Crippen molar-refractivity contribution in [2.75, 3.05) is 76.3 Å². The molecule has 0 N–H and O–H groups in total. The first-order valence-corrected chi connectivity index (χ1v) is 18.5. The summed E-state index contributed by atoms with van der Waals surface area (Å²) in [6.45, 7) is 15.2. The number of hydrogen-bond donors (Lipinski definition) is 0. The highest BCUT2D eigenvalue weighted by molar-refractivity contribution is 6.36. The van der Waals surface area contributed by atoms with Crippen LogP contribution >= 0.6 is 11.6 Å². The number of carbonyl (C=O) groups is 1. The maximum absolute atomic E-state index is 11.6. The van der Waals surface area contributed by atoms with E-state index in [9.17, 15) is 10.1 Å². The Morgan fingerprint density at radius 2 is 1.86 bits per heavy atom. The molecule has 6 rings (SSSR count). The normalized spacial score (nSPS) is 19.1. The molecule has 2 saturated heterocycles. The molecule has 1 aromatic heterocycles. The summed E-state index contributed by atoms with van der Waals surface area (Å²) in [6.07, 6.45) is 8.42. The van der Waals surface area contributed by atoms with Crippen molar-refractivity contribution < 1.29 is 9.53 Å². The zero-order valence-corrected chi connectivity index (χ0v) is 31.6. The number of nitriles is 1. The molecule has 270 valence electrons. The Labute approximate surface area is 304 Å². The van der Waals surface area contributed by atoms with Gasteiger partial charge in [0.2, 0.25) is 6.41 Å². The number of nitrogens with zero attached hydrogens (tertiary/aromatic N) is 8. The van der Waals surface area contributed by atoms with Crippen LogP contribution in [0, 0.1) is 11.3 Å². The van der Waals surface area contributed by atoms with Crippen molar-refractivity contribution in [1.82, 2.24) is 24.7 Å². The fourth-order valence-electron chi connectivity index (χ4n) is 6.72. The molecule has 3 aliphatic rings. The Bertz CT molecular complexity index is 1610. The number of aromatic nitrogens is 2. The number of anilines is 2. The van der Waals surface area contributed by atoms with E-state index < -0.39 is 0 Å². The number of likely N-dealkylation sites (tertiary alicyclic amines) is 1. The van der Waals surface area contributed by atoms with E-state index in [1.807, 2.05) is 32.9 Å². The number of benzene rings is 2. The second-order valence-corrected chi connectivity index (χ2v) is 13.3. The average Bonchev–Trinajstić information content (AvgIpc) is 3.57. The molecular formula is C39H55ClN8O2. The SMILES string of the molecule is C/C=C/CN(C)CC.CC.CN1CCCC1COc1nc2c(c(N3CCN(C=O)C(CC#N)C3)n1)CCN(c1cccc3cccc(Cl)c13)C2. The first-order valence-electron chi connectivity index (χ1n) is 18.1. The van der Waals surface area contributed by atoms with E-state index in [0.29, 0.717) is 44.8 Å². The van der Waals surface area contributed by atoms with Gasteiger partial charge in [0.05, 0.1) is 35.8 Å². The van der Waals surface area contributed by atoms with Crippen LogP contribution in [-0.4, -0.2) is 110 Å². The quantitative estimate of drug-likeness (QED) is 0.175. The standard InChI is InChI=1S/C30H34ClN7O2.C7H15N.C2H6/c1-35-13-4-7-23(35)19-40-30-33-26-18-36(27-9-3-6-21-5-2-8-25(31)28(21)27)14-11-24(26)29(34-30)37-15-16-38(20-39)22(17-37)10-12-32;1-4-6-7-8(3)5-2;1-2/h2-3,5-6,8-9,20,22-23H,4,7,10-11,13-19H2,1H3;4,6H,5,7H2,1-3H3;1-2H3/b;6-4+;. The van der Waals surface area contributed by atoms with Gasteiger partial charge in [0, 0.05) is 55.4 Å². The van der Waals surface area contributed by atoms with Gasteiger partial charge in [0.25, 0.3) is 0 Å². The number of carbonyl (C=O) groups excluding carboxylic acids is 1. The Balaban J connectivity index is 0.000000497. The summed E-state index contributed by atoms with van der Waals surface area (Å²) in [5.41, 5.74) is 3.16. The zero-order chi connectivity index (χ0) is 36.0. The summed E-state index contributed by atoms with van der Waals surface area (Å²) < 4.78 is 6.26. The van der Waals surface area contributed by atoms with Crippen LogP contribution in [0.3, 0.4) is 0 Å². The van der Waals surface area contributed by atoms with E-state index in [1.54, 1.807) is 4.90 Å². The predicted octanol–water partition coefficient (Wildman–Crippen LogP) is 6.42. The number of hydrogen-bond acceptors (Lipinski definition) is 9. The Morgan fingerprint density at radius 1 is 1.08 bits per heavy atom. The summed E-state index contributed by atoms with van der Waals surface area (Å²) in [6, 6.07) is 15.1. The summed E-state index contributed by atoms with van der Waals surface area (Å²) >= 11 is 6.68. The molecule has 0 spiro atoms. The second-order valence-electron chi connectivity index (χ2n) is 12.9. The second kappa shape index (κ2) is 19.5. The number of amides is 1. The summed E-state index contributed by atoms with van der Waals surface area (Å²) in [5.74, 6) is 0.865. The Kier molecular flexibility index (Phi) is 15.1. The lowest BCUT2D eigenvalue weighted by atomic mass is 10.0. The van der Waals surface area contributed by atoms with E-state index >= 15 is 0 Å². The topological polar surface area (TPSA) is 92.1 Å². The molecule has 2 fully saturated rings. The van der Waals surface area contributed by atoms with Crippen LogP contribution in [0.15, 0.2) is 48.6 Å². The number of fused-ring (bicyclic) bond motifs is 2. The summed E-state index contributed by atoms with van der Waals surface area (Å²) in [4.78, 5) is 32.4. The van der Waals surface area contributed by atoms with Gasteiger partial charge in [-0.25, -0.2) is 0 Å². The largest absolute Gasteiger partial charge is 0.462 e. The molecular weight excluding hydrogens is 648 g/mol. The lowest BCUT2D eigenvalue weighted by molar-refractivity contribution is -0.120. The molecule has 4 heterocycles. The molecule has 2 atom stereocenters. The van der Waals surface area contributed by atoms with Gasteiger partial charge >= 0.3 is 6.01 Å². The lowest BCUT2D eigenvalue weighted by Crippen LogP contribution is -2.53. The molecule has 3 aromatic rings. The highest BCUT2D eigenvalue weighted by Gasteiger charge is 2.32. The van der Waals surface area contributed by atoms with Gasteiger partial charge in [0.1, 0.15) is 12.4 Å². The molecule has 2 unspecified atom stereocenters. The smallest absolute Gasteiger partial charge is 0.318 e. The number of allylic oxidation sites excluding steroid dienone is 1. The van der Waals surface area contributed by atoms with Crippen molar-refractivity contribution in [2.24, 2.45) is 0 Å². The minimum absolute atomic E-state index is 0.170. The average molecular weight is 703 g/mol. The third kappa shape index (κ3) is 9.65. The van der Waals surface area contributed by atoms with Crippen molar-refractivity contribution in [3.8, 4) is 12.1 Å². The highest BCUT2D eigenvalue weighted by atomic mass is 35.5.